The van der Waals surface area contributed by atoms with Gasteiger partial charge in [-0.05, 0) is 41.3 Å². The third-order valence-corrected chi connectivity index (χ3v) is 6.46. The number of aromatic nitrogens is 7. The molecule has 0 radical (unpaired) electrons. The normalized spacial score (nSPS) is 11.1. The Morgan fingerprint density at radius 3 is 2.51 bits per heavy atom. The van der Waals surface area contributed by atoms with E-state index in [4.69, 9.17) is 9.72 Å². The summed E-state index contributed by atoms with van der Waals surface area (Å²) >= 11 is 0. The summed E-state index contributed by atoms with van der Waals surface area (Å²) in [6.07, 6.45) is 6.27. The Labute approximate surface area is 214 Å². The minimum absolute atomic E-state index is 0.101. The van der Waals surface area contributed by atoms with Crippen LogP contribution in [0.1, 0.15) is 37.2 Å². The second-order valence-corrected chi connectivity index (χ2v) is 8.75. The van der Waals surface area contributed by atoms with Crippen LogP contribution in [0, 0.1) is 0 Å². The van der Waals surface area contributed by atoms with Gasteiger partial charge < -0.3 is 4.74 Å². The number of rotatable bonds is 9. The molecule has 9 nitrogen and oxygen atoms in total. The second kappa shape index (κ2) is 10.6. The van der Waals surface area contributed by atoms with Crippen LogP contribution in [-0.2, 0) is 19.4 Å². The molecule has 0 aliphatic heterocycles. The lowest BCUT2D eigenvalue weighted by Gasteiger charge is -2.13. The van der Waals surface area contributed by atoms with E-state index in [1.165, 1.54) is 0 Å². The summed E-state index contributed by atoms with van der Waals surface area (Å²) in [6, 6.07) is 17.7. The molecule has 0 saturated carbocycles. The van der Waals surface area contributed by atoms with E-state index in [0.717, 1.165) is 58.6 Å². The number of imidazole rings is 1. The molecule has 9 heteroatoms. The first kappa shape index (κ1) is 24.2. The van der Waals surface area contributed by atoms with Crippen LogP contribution in [0.5, 0.6) is 5.75 Å². The van der Waals surface area contributed by atoms with Crippen molar-refractivity contribution in [3.05, 3.63) is 94.4 Å². The van der Waals surface area contributed by atoms with Crippen LogP contribution in [0.15, 0.2) is 71.8 Å². The molecule has 0 saturated heterocycles. The van der Waals surface area contributed by atoms with Crippen molar-refractivity contribution in [2.45, 2.75) is 39.7 Å². The van der Waals surface area contributed by atoms with E-state index in [2.05, 4.69) is 34.5 Å². The maximum Gasteiger partial charge on any atom is 0.333 e. The van der Waals surface area contributed by atoms with Crippen LogP contribution >= 0.6 is 0 Å². The molecule has 37 heavy (non-hydrogen) atoms. The van der Waals surface area contributed by atoms with Crippen molar-refractivity contribution in [2.24, 2.45) is 0 Å². The topological polar surface area (TPSA) is 104 Å². The second-order valence-electron chi connectivity index (χ2n) is 8.75. The predicted octanol–water partition coefficient (Wildman–Crippen LogP) is 4.45. The SMILES string of the molecule is CCCc1cn(-c2c(CC)cccc2OC)c(=O)n1Cc1ccc(-c2ccccc2-c2nn[nH]n2)cn1. The zero-order valence-electron chi connectivity index (χ0n) is 21.2. The van der Waals surface area contributed by atoms with Crippen LogP contribution in [0.2, 0.25) is 0 Å². The van der Waals surface area contributed by atoms with Gasteiger partial charge in [0.05, 0.1) is 25.0 Å². The molecule has 0 unspecified atom stereocenters. The molecule has 3 aromatic heterocycles. The smallest absolute Gasteiger partial charge is 0.333 e. The molecule has 0 fully saturated rings. The number of tetrazole rings is 1. The van der Waals surface area contributed by atoms with Gasteiger partial charge in [0.2, 0.25) is 5.82 Å². The van der Waals surface area contributed by atoms with Crippen molar-refractivity contribution in [3.63, 3.8) is 0 Å². The number of para-hydroxylation sites is 1. The van der Waals surface area contributed by atoms with Gasteiger partial charge in [0.1, 0.15) is 5.75 Å². The number of benzene rings is 2. The molecule has 0 bridgehead atoms. The van der Waals surface area contributed by atoms with Crippen molar-refractivity contribution in [2.75, 3.05) is 7.11 Å². The van der Waals surface area contributed by atoms with E-state index in [1.54, 1.807) is 11.7 Å². The highest BCUT2D eigenvalue weighted by molar-refractivity contribution is 5.79. The molecule has 0 aliphatic rings. The third-order valence-electron chi connectivity index (χ3n) is 6.46. The molecular weight excluding hydrogens is 466 g/mol. The van der Waals surface area contributed by atoms with Crippen molar-refractivity contribution in [3.8, 4) is 34.0 Å². The number of pyridine rings is 1. The Hall–Kier alpha value is -4.53. The van der Waals surface area contributed by atoms with Gasteiger partial charge in [-0.1, -0.05) is 62.7 Å². The molecule has 1 N–H and O–H groups in total. The van der Waals surface area contributed by atoms with Gasteiger partial charge in [0.15, 0.2) is 0 Å². The largest absolute Gasteiger partial charge is 0.495 e. The van der Waals surface area contributed by atoms with Gasteiger partial charge in [-0.2, -0.15) is 5.21 Å². The highest BCUT2D eigenvalue weighted by atomic mass is 16.5. The van der Waals surface area contributed by atoms with Crippen molar-refractivity contribution >= 4 is 0 Å². The zero-order chi connectivity index (χ0) is 25.8. The monoisotopic (exact) mass is 495 g/mol. The van der Waals surface area contributed by atoms with Crippen molar-refractivity contribution in [1.29, 1.82) is 0 Å². The number of nitrogens with zero attached hydrogens (tertiary/aromatic N) is 6. The highest BCUT2D eigenvalue weighted by Gasteiger charge is 2.18. The van der Waals surface area contributed by atoms with E-state index < -0.39 is 0 Å². The fraction of sp³-hybridized carbons (Fsp3) is 0.250. The minimum Gasteiger partial charge on any atom is -0.495 e. The van der Waals surface area contributed by atoms with Crippen molar-refractivity contribution in [1.82, 2.24) is 34.7 Å². The average molecular weight is 496 g/mol. The lowest BCUT2D eigenvalue weighted by molar-refractivity contribution is 0.412. The first-order valence-electron chi connectivity index (χ1n) is 12.4. The minimum atomic E-state index is -0.101. The molecule has 3 heterocycles. The Balaban J connectivity index is 1.51. The van der Waals surface area contributed by atoms with Crippen molar-refractivity contribution < 1.29 is 4.74 Å². The van der Waals surface area contributed by atoms with Gasteiger partial charge in [-0.3, -0.25) is 14.1 Å². The van der Waals surface area contributed by atoms with Gasteiger partial charge >= 0.3 is 5.69 Å². The standard InChI is InChI=1S/C28H29N7O2/c1-4-9-22-18-35(26-19(5-2)10-8-13-25(26)37-3)28(36)34(22)17-21-15-14-20(16-29-21)23-11-6-7-12-24(23)27-30-32-33-31-27/h6-8,10-16,18H,4-5,9,17H2,1-3H3,(H,30,31,32,33). The van der Waals surface area contributed by atoms with E-state index >= 15 is 0 Å². The molecule has 0 atom stereocenters. The van der Waals surface area contributed by atoms with E-state index in [0.29, 0.717) is 18.1 Å². The summed E-state index contributed by atoms with van der Waals surface area (Å²) in [6.45, 7) is 4.57. The van der Waals surface area contributed by atoms with Gasteiger partial charge in [-0.25, -0.2) is 4.79 Å². The molecule has 0 spiro atoms. The maximum atomic E-state index is 13.7. The number of aromatic amines is 1. The molecule has 188 valence electrons. The summed E-state index contributed by atoms with van der Waals surface area (Å²) in [7, 11) is 1.63. The van der Waals surface area contributed by atoms with Crippen LogP contribution in [0.25, 0.3) is 28.2 Å². The average Bonchev–Trinajstić information content (AvgIpc) is 3.58. The summed E-state index contributed by atoms with van der Waals surface area (Å²) in [5.74, 6) is 1.21. The van der Waals surface area contributed by atoms with E-state index in [9.17, 15) is 4.79 Å². The molecule has 0 aliphatic carbocycles. The Kier molecular flexibility index (Phi) is 6.93. The summed E-state index contributed by atoms with van der Waals surface area (Å²) in [5, 5.41) is 14.4. The number of hydrogen-bond acceptors (Lipinski definition) is 6. The van der Waals surface area contributed by atoms with Gasteiger partial charge in [0.25, 0.3) is 0 Å². The maximum absolute atomic E-state index is 13.7. The van der Waals surface area contributed by atoms with E-state index in [1.807, 2.05) is 71.6 Å². The fourth-order valence-corrected chi connectivity index (χ4v) is 4.65. The zero-order valence-corrected chi connectivity index (χ0v) is 21.2. The van der Waals surface area contributed by atoms with E-state index in [-0.39, 0.29) is 5.69 Å². The van der Waals surface area contributed by atoms with Crippen LogP contribution in [0.4, 0.5) is 0 Å². The number of methoxy groups -OCH3 is 1. The molecule has 5 rings (SSSR count). The number of aryl methyl sites for hydroxylation is 2. The van der Waals surface area contributed by atoms with Crippen LogP contribution in [0.3, 0.4) is 0 Å². The number of nitrogens with one attached hydrogen (secondary N) is 1. The summed E-state index contributed by atoms with van der Waals surface area (Å²) in [5.41, 5.74) is 6.29. The van der Waals surface area contributed by atoms with Gasteiger partial charge in [0, 0.05) is 29.2 Å². The molecule has 0 amide bonds. The number of ether oxygens (including phenoxy) is 1. The van der Waals surface area contributed by atoms with Crippen LogP contribution < -0.4 is 10.4 Å². The first-order valence-corrected chi connectivity index (χ1v) is 12.4. The highest BCUT2D eigenvalue weighted by Crippen LogP contribution is 2.30. The predicted molar refractivity (Wildman–Crippen MR) is 142 cm³/mol. The van der Waals surface area contributed by atoms with Crippen LogP contribution in [-0.4, -0.2) is 41.9 Å². The Bertz CT molecular complexity index is 1530. The number of H-pyrrole nitrogens is 1. The number of hydrogen-bond donors (Lipinski definition) is 1. The quantitative estimate of drug-likeness (QED) is 0.324. The Morgan fingerprint density at radius 2 is 1.84 bits per heavy atom. The lowest BCUT2D eigenvalue weighted by atomic mass is 10.0. The molecular formula is C28H29N7O2. The molecule has 2 aromatic carbocycles. The Morgan fingerprint density at radius 1 is 1.00 bits per heavy atom. The summed E-state index contributed by atoms with van der Waals surface area (Å²) in [4.78, 5) is 18.4. The van der Waals surface area contributed by atoms with Gasteiger partial charge in [-0.15, -0.1) is 10.2 Å². The first-order chi connectivity index (χ1) is 18.1. The fourth-order valence-electron chi connectivity index (χ4n) is 4.65. The third kappa shape index (κ3) is 4.67. The lowest BCUT2D eigenvalue weighted by Crippen LogP contribution is -2.26. The summed E-state index contributed by atoms with van der Waals surface area (Å²) < 4.78 is 9.15. The molecule has 5 aromatic rings.